The number of nitrogens with zero attached hydrogens (tertiary/aromatic N) is 2. The molecular weight excluding hydrogens is 256 g/mol. The van der Waals surface area contributed by atoms with E-state index in [4.69, 9.17) is 11.5 Å². The van der Waals surface area contributed by atoms with Crippen LogP contribution >= 0.6 is 0 Å². The van der Waals surface area contributed by atoms with Gasteiger partial charge >= 0.3 is 0 Å². The highest BCUT2D eigenvalue weighted by Gasteiger charge is 2.07. The van der Waals surface area contributed by atoms with Gasteiger partial charge in [-0.05, 0) is 31.3 Å². The number of allylic oxidation sites excluding steroid dienone is 2. The van der Waals surface area contributed by atoms with Crippen LogP contribution in [0.2, 0.25) is 0 Å². The number of aromatic nitrogens is 1. The van der Waals surface area contributed by atoms with Gasteiger partial charge in [0.1, 0.15) is 0 Å². The molecule has 1 aliphatic heterocycles. The smallest absolute Gasteiger partial charge is 0.250 e. The molecule has 0 atom stereocenters. The van der Waals surface area contributed by atoms with Crippen LogP contribution in [0.5, 0.6) is 0 Å². The molecule has 2 rings (SSSR count). The van der Waals surface area contributed by atoms with Gasteiger partial charge in [0, 0.05) is 31.1 Å². The predicted molar refractivity (Wildman–Crippen MR) is 76.5 cm³/mol. The lowest BCUT2D eigenvalue weighted by Gasteiger charge is -2.17. The number of carbonyl (C=O) groups excluding carboxylic acids is 2. The maximum atomic E-state index is 10.6. The SMILES string of the molecule is CN1C=CC=C(C(N)=O)C1.Cc1ncccc1C(N)=O. The van der Waals surface area contributed by atoms with Crippen molar-refractivity contribution in [2.24, 2.45) is 11.5 Å². The Hall–Kier alpha value is -2.63. The largest absolute Gasteiger partial charge is 0.376 e. The second-order valence-electron chi connectivity index (χ2n) is 4.31. The Balaban J connectivity index is 0.000000200. The van der Waals surface area contributed by atoms with Gasteiger partial charge in [0.2, 0.25) is 5.91 Å². The molecule has 1 aliphatic rings. The Kier molecular flexibility index (Phi) is 5.46. The van der Waals surface area contributed by atoms with Gasteiger partial charge in [-0.2, -0.15) is 0 Å². The van der Waals surface area contributed by atoms with E-state index in [0.29, 0.717) is 23.4 Å². The van der Waals surface area contributed by atoms with Crippen molar-refractivity contribution in [1.29, 1.82) is 0 Å². The minimum Gasteiger partial charge on any atom is -0.376 e. The van der Waals surface area contributed by atoms with E-state index in [9.17, 15) is 9.59 Å². The Morgan fingerprint density at radius 3 is 2.40 bits per heavy atom. The van der Waals surface area contributed by atoms with E-state index in [1.165, 1.54) is 0 Å². The van der Waals surface area contributed by atoms with E-state index < -0.39 is 5.91 Å². The highest BCUT2D eigenvalue weighted by Crippen LogP contribution is 2.03. The number of amides is 2. The van der Waals surface area contributed by atoms with Crippen LogP contribution in [-0.2, 0) is 4.79 Å². The summed E-state index contributed by atoms with van der Waals surface area (Å²) in [4.78, 5) is 27.0. The van der Waals surface area contributed by atoms with Gasteiger partial charge in [-0.15, -0.1) is 0 Å². The summed E-state index contributed by atoms with van der Waals surface area (Å²) in [6, 6.07) is 3.34. The second kappa shape index (κ2) is 7.08. The standard InChI is InChI=1S/C7H10N2O.C7H8N2O/c1-9-4-2-3-6(5-9)7(8)10;1-5-6(7(8)10)3-2-4-9-5/h2-4H,5H2,1H3,(H2,8,10);2-4H,1H3,(H2,8,10). The van der Waals surface area contributed by atoms with Crippen LogP contribution in [0.1, 0.15) is 16.1 Å². The van der Waals surface area contributed by atoms with E-state index in [1.54, 1.807) is 31.3 Å². The number of primary amides is 2. The minimum absolute atomic E-state index is 0.337. The van der Waals surface area contributed by atoms with Gasteiger partial charge < -0.3 is 16.4 Å². The third-order valence-electron chi connectivity index (χ3n) is 2.65. The molecule has 0 spiro atoms. The summed E-state index contributed by atoms with van der Waals surface area (Å²) in [5, 5.41) is 0. The first-order valence-electron chi connectivity index (χ1n) is 6.00. The summed E-state index contributed by atoms with van der Waals surface area (Å²) in [7, 11) is 1.90. The number of carbonyl (C=O) groups is 2. The Labute approximate surface area is 117 Å². The molecule has 6 heteroatoms. The lowest BCUT2D eigenvalue weighted by molar-refractivity contribution is -0.114. The lowest BCUT2D eigenvalue weighted by atomic mass is 10.2. The maximum absolute atomic E-state index is 10.6. The van der Waals surface area contributed by atoms with E-state index in [0.717, 1.165) is 0 Å². The molecule has 0 saturated heterocycles. The quantitative estimate of drug-likeness (QED) is 0.812. The number of hydrogen-bond donors (Lipinski definition) is 2. The Morgan fingerprint density at radius 1 is 1.30 bits per heavy atom. The van der Waals surface area contributed by atoms with E-state index in [1.807, 2.05) is 24.2 Å². The van der Waals surface area contributed by atoms with Gasteiger partial charge in [0.15, 0.2) is 0 Å². The van der Waals surface area contributed by atoms with Gasteiger partial charge in [-0.1, -0.05) is 6.08 Å². The summed E-state index contributed by atoms with van der Waals surface area (Å²) in [6.07, 6.45) is 7.07. The average Bonchev–Trinajstić information content (AvgIpc) is 2.39. The molecule has 6 nitrogen and oxygen atoms in total. The second-order valence-corrected chi connectivity index (χ2v) is 4.31. The monoisotopic (exact) mass is 274 g/mol. The first kappa shape index (κ1) is 15.4. The van der Waals surface area contributed by atoms with Crippen molar-refractivity contribution in [3.63, 3.8) is 0 Å². The van der Waals surface area contributed by atoms with E-state index >= 15 is 0 Å². The van der Waals surface area contributed by atoms with Crippen LogP contribution in [0.15, 0.2) is 42.3 Å². The normalized spacial score (nSPS) is 13.1. The van der Waals surface area contributed by atoms with Crippen LogP contribution in [0.4, 0.5) is 0 Å². The highest BCUT2D eigenvalue weighted by atomic mass is 16.1. The molecule has 106 valence electrons. The number of hydrogen-bond acceptors (Lipinski definition) is 4. The summed E-state index contributed by atoms with van der Waals surface area (Å²) in [5.41, 5.74) is 11.9. The molecule has 0 fully saturated rings. The van der Waals surface area contributed by atoms with Crippen LogP contribution in [-0.4, -0.2) is 35.3 Å². The summed E-state index contributed by atoms with van der Waals surface area (Å²) >= 11 is 0. The molecule has 0 radical (unpaired) electrons. The van der Waals surface area contributed by atoms with Gasteiger partial charge in [0.05, 0.1) is 5.56 Å². The Bertz CT molecular complexity index is 564. The van der Waals surface area contributed by atoms with Crippen molar-refractivity contribution < 1.29 is 9.59 Å². The first-order chi connectivity index (χ1) is 9.41. The van der Waals surface area contributed by atoms with E-state index in [-0.39, 0.29) is 5.91 Å². The third-order valence-corrected chi connectivity index (χ3v) is 2.65. The van der Waals surface area contributed by atoms with Crippen LogP contribution < -0.4 is 11.5 Å². The van der Waals surface area contributed by atoms with Gasteiger partial charge in [0.25, 0.3) is 5.91 Å². The first-order valence-corrected chi connectivity index (χ1v) is 6.00. The molecule has 0 aliphatic carbocycles. The lowest BCUT2D eigenvalue weighted by Crippen LogP contribution is -2.25. The van der Waals surface area contributed by atoms with Crippen molar-refractivity contribution >= 4 is 11.8 Å². The fourth-order valence-corrected chi connectivity index (χ4v) is 1.58. The van der Waals surface area contributed by atoms with Crippen molar-refractivity contribution in [3.8, 4) is 0 Å². The number of nitrogens with two attached hydrogens (primary N) is 2. The molecule has 2 amide bonds. The van der Waals surface area contributed by atoms with Gasteiger partial charge in [-0.25, -0.2) is 0 Å². The zero-order chi connectivity index (χ0) is 15.1. The van der Waals surface area contributed by atoms with Crippen molar-refractivity contribution in [2.75, 3.05) is 13.6 Å². The highest BCUT2D eigenvalue weighted by molar-refractivity contribution is 5.93. The summed E-state index contributed by atoms with van der Waals surface area (Å²) < 4.78 is 0. The Morgan fingerprint density at radius 2 is 2.00 bits per heavy atom. The minimum atomic E-state index is -0.425. The fourth-order valence-electron chi connectivity index (χ4n) is 1.58. The molecular formula is C14H18N4O2. The summed E-state index contributed by atoms with van der Waals surface area (Å²) in [5.74, 6) is -0.762. The van der Waals surface area contributed by atoms with Gasteiger partial charge in [-0.3, -0.25) is 14.6 Å². The van der Waals surface area contributed by atoms with Crippen molar-refractivity contribution in [3.05, 3.63) is 53.5 Å². The molecule has 1 aromatic rings. The molecule has 2 heterocycles. The molecule has 0 aromatic carbocycles. The molecule has 0 saturated carbocycles. The van der Waals surface area contributed by atoms with Crippen LogP contribution in [0.3, 0.4) is 0 Å². The van der Waals surface area contributed by atoms with Crippen LogP contribution in [0.25, 0.3) is 0 Å². The number of pyridine rings is 1. The number of likely N-dealkylation sites (N-methyl/N-ethyl adjacent to an activating group) is 1. The molecule has 0 bridgehead atoms. The molecule has 4 N–H and O–H groups in total. The van der Waals surface area contributed by atoms with Crippen molar-refractivity contribution in [2.45, 2.75) is 6.92 Å². The van der Waals surface area contributed by atoms with E-state index in [2.05, 4.69) is 4.98 Å². The third kappa shape index (κ3) is 4.56. The molecule has 20 heavy (non-hydrogen) atoms. The van der Waals surface area contributed by atoms with Crippen LogP contribution in [0, 0.1) is 6.92 Å². The average molecular weight is 274 g/mol. The maximum Gasteiger partial charge on any atom is 0.250 e. The number of rotatable bonds is 2. The fraction of sp³-hybridized carbons (Fsp3) is 0.214. The predicted octanol–water partition coefficient (Wildman–Crippen LogP) is 0.346. The molecule has 1 aromatic heterocycles. The zero-order valence-electron chi connectivity index (χ0n) is 11.5. The number of aryl methyl sites for hydroxylation is 1. The van der Waals surface area contributed by atoms with Crippen molar-refractivity contribution in [1.82, 2.24) is 9.88 Å². The topological polar surface area (TPSA) is 102 Å². The zero-order valence-corrected chi connectivity index (χ0v) is 11.5. The summed E-state index contributed by atoms with van der Waals surface area (Å²) in [6.45, 7) is 2.37. The molecule has 0 unspecified atom stereocenters.